The summed E-state index contributed by atoms with van der Waals surface area (Å²) >= 11 is 1.73. The van der Waals surface area contributed by atoms with Crippen molar-refractivity contribution in [1.29, 1.82) is 0 Å². The first-order valence-electron chi connectivity index (χ1n) is 6.87. The number of nitrogens with zero attached hydrogens (tertiary/aromatic N) is 1. The summed E-state index contributed by atoms with van der Waals surface area (Å²) < 4.78 is 0. The van der Waals surface area contributed by atoms with Crippen LogP contribution in [0.3, 0.4) is 0 Å². The van der Waals surface area contributed by atoms with Crippen LogP contribution in [-0.4, -0.2) is 4.98 Å². The van der Waals surface area contributed by atoms with Crippen LogP contribution >= 0.6 is 11.3 Å². The topological polar surface area (TPSA) is 24.9 Å². The molecule has 0 aliphatic rings. The van der Waals surface area contributed by atoms with Crippen molar-refractivity contribution in [1.82, 2.24) is 10.3 Å². The maximum Gasteiger partial charge on any atom is 0.110 e. The second-order valence-electron chi connectivity index (χ2n) is 5.03. The van der Waals surface area contributed by atoms with Crippen molar-refractivity contribution in [2.75, 3.05) is 0 Å². The second kappa shape index (κ2) is 6.31. The van der Waals surface area contributed by atoms with Gasteiger partial charge in [-0.15, -0.1) is 11.3 Å². The first-order chi connectivity index (χ1) is 9.10. The van der Waals surface area contributed by atoms with Crippen LogP contribution < -0.4 is 5.32 Å². The third kappa shape index (κ3) is 3.64. The maximum atomic E-state index is 4.54. The number of hydrogen-bond donors (Lipinski definition) is 1. The van der Waals surface area contributed by atoms with Crippen LogP contribution in [0.4, 0.5) is 0 Å². The first-order valence-corrected chi connectivity index (χ1v) is 7.75. The molecule has 2 aromatic rings. The van der Waals surface area contributed by atoms with Crippen molar-refractivity contribution in [2.45, 2.75) is 46.2 Å². The van der Waals surface area contributed by atoms with Gasteiger partial charge in [-0.25, -0.2) is 4.98 Å². The Morgan fingerprint density at radius 2 is 1.84 bits per heavy atom. The summed E-state index contributed by atoms with van der Waals surface area (Å²) in [6.45, 7) is 8.61. The Labute approximate surface area is 119 Å². The Balaban J connectivity index is 2.01. The van der Waals surface area contributed by atoms with E-state index in [2.05, 4.69) is 60.7 Å². The molecular weight excluding hydrogens is 252 g/mol. The lowest BCUT2D eigenvalue weighted by Gasteiger charge is -2.19. The molecule has 0 saturated heterocycles. The van der Waals surface area contributed by atoms with Gasteiger partial charge < -0.3 is 5.32 Å². The monoisotopic (exact) mass is 274 g/mol. The third-order valence-corrected chi connectivity index (χ3v) is 4.54. The number of thiazole rings is 1. The van der Waals surface area contributed by atoms with Gasteiger partial charge in [0, 0.05) is 17.1 Å². The average Bonchev–Trinajstić information content (AvgIpc) is 2.85. The molecule has 2 unspecified atom stereocenters. The van der Waals surface area contributed by atoms with E-state index >= 15 is 0 Å². The fourth-order valence-electron chi connectivity index (χ4n) is 2.16. The van der Waals surface area contributed by atoms with Crippen molar-refractivity contribution in [3.05, 3.63) is 51.5 Å². The third-order valence-electron chi connectivity index (χ3n) is 3.40. The van der Waals surface area contributed by atoms with E-state index in [-0.39, 0.29) is 0 Å². The molecule has 3 heteroatoms. The average molecular weight is 274 g/mol. The largest absolute Gasteiger partial charge is 0.302 e. The van der Waals surface area contributed by atoms with Crippen LogP contribution in [0.15, 0.2) is 29.6 Å². The van der Waals surface area contributed by atoms with E-state index in [1.807, 2.05) is 6.92 Å². The molecule has 0 aliphatic carbocycles. The van der Waals surface area contributed by atoms with E-state index in [0.29, 0.717) is 12.1 Å². The zero-order valence-corrected chi connectivity index (χ0v) is 12.9. The highest BCUT2D eigenvalue weighted by molar-refractivity contribution is 7.09. The van der Waals surface area contributed by atoms with E-state index in [1.54, 1.807) is 11.3 Å². The molecule has 0 bridgehead atoms. The highest BCUT2D eigenvalue weighted by Crippen LogP contribution is 2.22. The normalized spacial score (nSPS) is 14.3. The van der Waals surface area contributed by atoms with Crippen molar-refractivity contribution >= 4 is 11.3 Å². The predicted octanol–water partition coefficient (Wildman–Crippen LogP) is 4.43. The molecule has 1 heterocycles. The molecule has 0 fully saturated rings. The van der Waals surface area contributed by atoms with Crippen molar-refractivity contribution in [3.63, 3.8) is 0 Å². The number of hydrogen-bond acceptors (Lipinski definition) is 3. The fourth-order valence-corrected chi connectivity index (χ4v) is 2.97. The molecule has 2 nitrogen and oxygen atoms in total. The second-order valence-corrected chi connectivity index (χ2v) is 5.92. The minimum absolute atomic E-state index is 0.291. The number of rotatable bonds is 5. The molecule has 2 rings (SSSR count). The molecule has 0 aliphatic heterocycles. The molecule has 102 valence electrons. The fraction of sp³-hybridized carbons (Fsp3) is 0.438. The van der Waals surface area contributed by atoms with Gasteiger partial charge >= 0.3 is 0 Å². The van der Waals surface area contributed by atoms with E-state index < -0.39 is 0 Å². The summed E-state index contributed by atoms with van der Waals surface area (Å²) in [5.74, 6) is 0. The molecule has 2 atom stereocenters. The summed E-state index contributed by atoms with van der Waals surface area (Å²) in [5.41, 5.74) is 3.82. The lowest BCUT2D eigenvalue weighted by molar-refractivity contribution is 0.492. The van der Waals surface area contributed by atoms with Gasteiger partial charge in [-0.2, -0.15) is 0 Å². The van der Waals surface area contributed by atoms with Gasteiger partial charge in [0.2, 0.25) is 0 Å². The molecular formula is C16H22N2S. The Hall–Kier alpha value is -1.19. The number of benzene rings is 1. The standard InChI is InChI=1S/C16H22N2S/c1-5-14-6-8-15(9-7-14)12(3)18-13(4)16-17-11(2)10-19-16/h6-10,12-13,18H,5H2,1-4H3. The minimum Gasteiger partial charge on any atom is -0.302 e. The summed E-state index contributed by atoms with van der Waals surface area (Å²) in [7, 11) is 0. The zero-order chi connectivity index (χ0) is 13.8. The number of aryl methyl sites for hydroxylation is 2. The predicted molar refractivity (Wildman–Crippen MR) is 82.6 cm³/mol. The molecule has 0 amide bonds. The van der Waals surface area contributed by atoms with Crippen LogP contribution in [-0.2, 0) is 6.42 Å². The molecule has 0 saturated carbocycles. The van der Waals surface area contributed by atoms with Gasteiger partial charge in [0.15, 0.2) is 0 Å². The minimum atomic E-state index is 0.291. The molecule has 19 heavy (non-hydrogen) atoms. The summed E-state index contributed by atoms with van der Waals surface area (Å²) in [4.78, 5) is 4.54. The highest BCUT2D eigenvalue weighted by atomic mass is 32.1. The van der Waals surface area contributed by atoms with E-state index in [1.165, 1.54) is 11.1 Å². The smallest absolute Gasteiger partial charge is 0.110 e. The maximum absolute atomic E-state index is 4.54. The van der Waals surface area contributed by atoms with Gasteiger partial charge in [-0.1, -0.05) is 31.2 Å². The van der Waals surface area contributed by atoms with Gasteiger partial charge in [0.05, 0.1) is 6.04 Å². The van der Waals surface area contributed by atoms with Gasteiger partial charge in [-0.3, -0.25) is 0 Å². The molecule has 0 radical (unpaired) electrons. The van der Waals surface area contributed by atoms with Crippen LogP contribution in [0.1, 0.15) is 54.7 Å². The zero-order valence-electron chi connectivity index (χ0n) is 12.1. The summed E-state index contributed by atoms with van der Waals surface area (Å²) in [6.07, 6.45) is 1.09. The van der Waals surface area contributed by atoms with Crippen molar-refractivity contribution in [2.24, 2.45) is 0 Å². The number of nitrogens with one attached hydrogen (secondary N) is 1. The first kappa shape index (κ1) is 14.2. The lowest BCUT2D eigenvalue weighted by atomic mass is 10.0. The van der Waals surface area contributed by atoms with Crippen LogP contribution in [0.5, 0.6) is 0 Å². The Bertz CT molecular complexity index is 516. The van der Waals surface area contributed by atoms with Crippen molar-refractivity contribution in [3.8, 4) is 0 Å². The van der Waals surface area contributed by atoms with Gasteiger partial charge in [-0.05, 0) is 38.3 Å². The summed E-state index contributed by atoms with van der Waals surface area (Å²) in [5, 5.41) is 6.88. The van der Waals surface area contributed by atoms with E-state index in [0.717, 1.165) is 17.1 Å². The SMILES string of the molecule is CCc1ccc(C(C)NC(C)c2nc(C)cs2)cc1. The summed E-state index contributed by atoms with van der Waals surface area (Å²) in [6, 6.07) is 9.49. The number of aromatic nitrogens is 1. The van der Waals surface area contributed by atoms with E-state index in [4.69, 9.17) is 0 Å². The van der Waals surface area contributed by atoms with Crippen LogP contribution in [0.2, 0.25) is 0 Å². The molecule has 0 spiro atoms. The van der Waals surface area contributed by atoms with E-state index in [9.17, 15) is 0 Å². The highest BCUT2D eigenvalue weighted by Gasteiger charge is 2.13. The Kier molecular flexibility index (Phi) is 4.72. The molecule has 1 aromatic heterocycles. The van der Waals surface area contributed by atoms with Gasteiger partial charge in [0.25, 0.3) is 0 Å². The Morgan fingerprint density at radius 3 is 2.37 bits per heavy atom. The van der Waals surface area contributed by atoms with Gasteiger partial charge in [0.1, 0.15) is 5.01 Å². The van der Waals surface area contributed by atoms with Crippen molar-refractivity contribution < 1.29 is 0 Å². The molecule has 1 N–H and O–H groups in total. The molecule has 1 aromatic carbocycles. The van der Waals surface area contributed by atoms with Crippen LogP contribution in [0.25, 0.3) is 0 Å². The quantitative estimate of drug-likeness (QED) is 0.872. The lowest BCUT2D eigenvalue weighted by Crippen LogP contribution is -2.22. The Morgan fingerprint density at radius 1 is 1.16 bits per heavy atom. The van der Waals surface area contributed by atoms with Crippen LogP contribution in [0, 0.1) is 6.92 Å².